The summed E-state index contributed by atoms with van der Waals surface area (Å²) in [4.78, 5) is 27.3. The molecule has 1 aliphatic rings. The van der Waals surface area contributed by atoms with E-state index in [0.29, 0.717) is 11.8 Å². The molecule has 8 nitrogen and oxygen atoms in total. The second kappa shape index (κ2) is 9.68. The number of anilines is 1. The minimum atomic E-state index is -0.227. The second-order valence-corrected chi connectivity index (χ2v) is 6.41. The fraction of sp³-hybridized carbons (Fsp3) is 0.400. The summed E-state index contributed by atoms with van der Waals surface area (Å²) >= 11 is 0. The van der Waals surface area contributed by atoms with Crippen molar-refractivity contribution in [1.82, 2.24) is 20.3 Å². The number of hydrogen-bond donors (Lipinski definition) is 1. The zero-order chi connectivity index (χ0) is 19.8. The van der Waals surface area contributed by atoms with Crippen LogP contribution in [0.25, 0.3) is 6.08 Å². The lowest BCUT2D eigenvalue weighted by molar-refractivity contribution is -0.116. The highest BCUT2D eigenvalue weighted by Gasteiger charge is 2.16. The van der Waals surface area contributed by atoms with Crippen molar-refractivity contribution in [3.05, 3.63) is 41.7 Å². The Hall–Kier alpha value is -3.16. The van der Waals surface area contributed by atoms with Crippen LogP contribution in [0, 0.1) is 0 Å². The van der Waals surface area contributed by atoms with Gasteiger partial charge in [-0.25, -0.2) is 0 Å². The van der Waals surface area contributed by atoms with Crippen LogP contribution in [0.4, 0.5) is 5.95 Å². The van der Waals surface area contributed by atoms with Gasteiger partial charge in [-0.3, -0.25) is 4.79 Å². The van der Waals surface area contributed by atoms with E-state index in [9.17, 15) is 4.79 Å². The third-order valence-corrected chi connectivity index (χ3v) is 4.43. The molecular formula is C20H25N5O3. The lowest BCUT2D eigenvalue weighted by Crippen LogP contribution is -2.32. The van der Waals surface area contributed by atoms with Gasteiger partial charge in [0.25, 0.3) is 0 Å². The summed E-state index contributed by atoms with van der Waals surface area (Å²) < 4.78 is 10.3. The van der Waals surface area contributed by atoms with Gasteiger partial charge >= 0.3 is 6.01 Å². The first kappa shape index (κ1) is 19.6. The van der Waals surface area contributed by atoms with E-state index in [0.717, 1.165) is 37.2 Å². The largest absolute Gasteiger partial charge is 0.497 e. The number of benzene rings is 1. The Labute approximate surface area is 164 Å². The number of amides is 1. The number of rotatable bonds is 7. The van der Waals surface area contributed by atoms with E-state index < -0.39 is 0 Å². The standard InChI is InChI=1S/C20H25N5O3/c1-27-16-9-6-15(7-10-16)8-11-18(26)21-14-17-22-19(24-20(23-17)28-2)25-12-4-3-5-13-25/h6-11H,3-5,12-14H2,1-2H3,(H,21,26)/b11-8+. The quantitative estimate of drug-likeness (QED) is 0.733. The van der Waals surface area contributed by atoms with Gasteiger partial charge in [0.05, 0.1) is 20.8 Å². The second-order valence-electron chi connectivity index (χ2n) is 6.41. The molecule has 1 amide bonds. The smallest absolute Gasteiger partial charge is 0.321 e. The molecule has 1 saturated heterocycles. The number of methoxy groups -OCH3 is 2. The van der Waals surface area contributed by atoms with Crippen LogP contribution in [0.2, 0.25) is 0 Å². The Morgan fingerprint density at radius 2 is 1.82 bits per heavy atom. The molecule has 0 unspecified atom stereocenters. The normalized spacial score (nSPS) is 14.1. The number of ether oxygens (including phenoxy) is 2. The van der Waals surface area contributed by atoms with E-state index in [1.807, 2.05) is 24.3 Å². The molecule has 1 aromatic heterocycles. The van der Waals surface area contributed by atoms with Crippen molar-refractivity contribution in [3.8, 4) is 11.8 Å². The van der Waals surface area contributed by atoms with E-state index in [2.05, 4.69) is 25.2 Å². The van der Waals surface area contributed by atoms with Gasteiger partial charge in [-0.1, -0.05) is 12.1 Å². The third kappa shape index (κ3) is 5.42. The Morgan fingerprint density at radius 1 is 1.07 bits per heavy atom. The third-order valence-electron chi connectivity index (χ3n) is 4.43. The first-order valence-corrected chi connectivity index (χ1v) is 9.32. The number of nitrogens with one attached hydrogen (secondary N) is 1. The van der Waals surface area contributed by atoms with E-state index in [1.165, 1.54) is 19.6 Å². The molecule has 8 heteroatoms. The molecule has 148 valence electrons. The van der Waals surface area contributed by atoms with Gasteiger partial charge < -0.3 is 19.7 Å². The Morgan fingerprint density at radius 3 is 2.50 bits per heavy atom. The predicted octanol–water partition coefficient (Wildman–Crippen LogP) is 2.21. The van der Waals surface area contributed by atoms with Crippen molar-refractivity contribution >= 4 is 17.9 Å². The van der Waals surface area contributed by atoms with Crippen LogP contribution in [0.1, 0.15) is 30.7 Å². The molecule has 0 spiro atoms. The van der Waals surface area contributed by atoms with Crippen LogP contribution in [0.15, 0.2) is 30.3 Å². The molecule has 2 aromatic rings. The number of piperidine rings is 1. The van der Waals surface area contributed by atoms with E-state index in [4.69, 9.17) is 9.47 Å². The summed E-state index contributed by atoms with van der Waals surface area (Å²) in [7, 11) is 3.14. The molecule has 1 aromatic carbocycles. The average Bonchev–Trinajstić information content (AvgIpc) is 2.77. The van der Waals surface area contributed by atoms with Crippen molar-refractivity contribution in [1.29, 1.82) is 0 Å². The zero-order valence-corrected chi connectivity index (χ0v) is 16.2. The maximum atomic E-state index is 12.1. The molecule has 0 atom stereocenters. The molecule has 2 heterocycles. The minimum Gasteiger partial charge on any atom is -0.497 e. The number of aromatic nitrogens is 3. The van der Waals surface area contributed by atoms with Gasteiger partial charge in [0.2, 0.25) is 11.9 Å². The Balaban J connectivity index is 1.60. The topological polar surface area (TPSA) is 89.5 Å². The molecular weight excluding hydrogens is 358 g/mol. The van der Waals surface area contributed by atoms with Crippen molar-refractivity contribution in [2.24, 2.45) is 0 Å². The van der Waals surface area contributed by atoms with E-state index >= 15 is 0 Å². The molecule has 1 N–H and O–H groups in total. The molecule has 0 radical (unpaired) electrons. The van der Waals surface area contributed by atoms with Crippen LogP contribution in [-0.2, 0) is 11.3 Å². The summed E-state index contributed by atoms with van der Waals surface area (Å²) in [5.74, 6) is 1.62. The molecule has 1 fully saturated rings. The molecule has 1 aliphatic heterocycles. The average molecular weight is 383 g/mol. The maximum Gasteiger partial charge on any atom is 0.321 e. The van der Waals surface area contributed by atoms with Crippen LogP contribution in [0.3, 0.4) is 0 Å². The summed E-state index contributed by atoms with van der Waals surface area (Å²) in [6, 6.07) is 7.70. The highest BCUT2D eigenvalue weighted by Crippen LogP contribution is 2.17. The fourth-order valence-corrected chi connectivity index (χ4v) is 2.90. The van der Waals surface area contributed by atoms with Gasteiger partial charge in [-0.05, 0) is 43.0 Å². The van der Waals surface area contributed by atoms with Gasteiger partial charge in [-0.15, -0.1) is 0 Å². The SMILES string of the molecule is COc1ccc(/C=C/C(=O)NCc2nc(OC)nc(N3CCCCC3)n2)cc1. The van der Waals surface area contributed by atoms with Crippen LogP contribution in [-0.4, -0.2) is 48.2 Å². The van der Waals surface area contributed by atoms with Gasteiger partial charge in [0.1, 0.15) is 5.75 Å². The first-order chi connectivity index (χ1) is 13.7. The molecule has 28 heavy (non-hydrogen) atoms. The highest BCUT2D eigenvalue weighted by atomic mass is 16.5. The highest BCUT2D eigenvalue weighted by molar-refractivity contribution is 5.91. The van der Waals surface area contributed by atoms with Gasteiger partial charge in [0, 0.05) is 19.2 Å². The van der Waals surface area contributed by atoms with Crippen LogP contribution in [0.5, 0.6) is 11.8 Å². The van der Waals surface area contributed by atoms with E-state index in [1.54, 1.807) is 13.2 Å². The summed E-state index contributed by atoms with van der Waals surface area (Å²) in [6.45, 7) is 2.04. The molecule has 0 bridgehead atoms. The summed E-state index contributed by atoms with van der Waals surface area (Å²) in [5.41, 5.74) is 0.908. The molecule has 3 rings (SSSR count). The van der Waals surface area contributed by atoms with Crippen LogP contribution >= 0.6 is 0 Å². The van der Waals surface area contributed by atoms with Crippen molar-refractivity contribution in [2.45, 2.75) is 25.8 Å². The zero-order valence-electron chi connectivity index (χ0n) is 16.2. The lowest BCUT2D eigenvalue weighted by atomic mass is 10.1. The predicted molar refractivity (Wildman–Crippen MR) is 106 cm³/mol. The van der Waals surface area contributed by atoms with Gasteiger partial charge in [0.15, 0.2) is 5.82 Å². The van der Waals surface area contributed by atoms with Gasteiger partial charge in [-0.2, -0.15) is 15.0 Å². The fourth-order valence-electron chi connectivity index (χ4n) is 2.90. The summed E-state index contributed by atoms with van der Waals surface area (Å²) in [5, 5.41) is 2.80. The Kier molecular flexibility index (Phi) is 6.78. The lowest BCUT2D eigenvalue weighted by Gasteiger charge is -2.26. The minimum absolute atomic E-state index is 0.200. The molecule has 0 aliphatic carbocycles. The number of nitrogens with zero attached hydrogens (tertiary/aromatic N) is 4. The Bertz CT molecular complexity index is 817. The van der Waals surface area contributed by atoms with Crippen LogP contribution < -0.4 is 19.7 Å². The number of hydrogen-bond acceptors (Lipinski definition) is 7. The monoisotopic (exact) mass is 383 g/mol. The van der Waals surface area contributed by atoms with Crippen molar-refractivity contribution in [3.63, 3.8) is 0 Å². The first-order valence-electron chi connectivity index (χ1n) is 9.32. The van der Waals surface area contributed by atoms with Crippen molar-refractivity contribution < 1.29 is 14.3 Å². The summed E-state index contributed by atoms with van der Waals surface area (Å²) in [6.07, 6.45) is 6.68. The number of carbonyl (C=O) groups is 1. The van der Waals surface area contributed by atoms with Crippen molar-refractivity contribution in [2.75, 3.05) is 32.2 Å². The maximum absolute atomic E-state index is 12.1. The number of carbonyl (C=O) groups excluding carboxylic acids is 1. The van der Waals surface area contributed by atoms with E-state index in [-0.39, 0.29) is 18.5 Å². The molecule has 0 saturated carbocycles.